The molecule has 6 rings (SSSR count). The number of halogens is 1. The van der Waals surface area contributed by atoms with Gasteiger partial charge in [-0.15, -0.1) is 5.11 Å². The summed E-state index contributed by atoms with van der Waals surface area (Å²) in [4.78, 5) is 11.5. The number of hydrogen-bond acceptors (Lipinski definition) is 13. The molecule has 0 spiro atoms. The van der Waals surface area contributed by atoms with E-state index in [-0.39, 0.29) is 55.8 Å². The van der Waals surface area contributed by atoms with Crippen LogP contribution < -0.4 is 10.6 Å². The van der Waals surface area contributed by atoms with Crippen molar-refractivity contribution in [1.82, 2.24) is 15.0 Å². The van der Waals surface area contributed by atoms with Crippen LogP contribution in [-0.2, 0) is 20.2 Å². The summed E-state index contributed by atoms with van der Waals surface area (Å²) in [6.45, 7) is 5.23. The third-order valence-electron chi connectivity index (χ3n) is 7.52. The number of phenols is 2. The van der Waals surface area contributed by atoms with Gasteiger partial charge in [0.1, 0.15) is 16.3 Å². The predicted octanol–water partition coefficient (Wildman–Crippen LogP) is 7.56. The Bertz CT molecular complexity index is 2620. The van der Waals surface area contributed by atoms with Crippen LogP contribution in [0.15, 0.2) is 86.7 Å². The van der Waals surface area contributed by atoms with Crippen molar-refractivity contribution in [3.05, 3.63) is 88.7 Å². The van der Waals surface area contributed by atoms with Gasteiger partial charge in [0.05, 0.1) is 27.3 Å². The fourth-order valence-corrected chi connectivity index (χ4v) is 6.71. The number of hydrogen-bond donors (Lipinski definition) is 6. The second-order valence-corrected chi connectivity index (χ2v) is 14.4. The Labute approximate surface area is 289 Å². The van der Waals surface area contributed by atoms with Gasteiger partial charge in [-0.25, -0.2) is 0 Å². The number of fused-ring (bicyclic) bond motifs is 2. The fraction of sp³-hybridized carbons (Fsp3) is 0.0938. The smallest absolute Gasteiger partial charge is 0.295 e. The van der Waals surface area contributed by atoms with Gasteiger partial charge in [0.25, 0.3) is 20.2 Å². The number of azo groups is 1. The highest BCUT2D eigenvalue weighted by Gasteiger charge is 2.23. The lowest BCUT2D eigenvalue weighted by molar-refractivity contribution is 0.471. The second kappa shape index (κ2) is 12.8. The number of aryl methyl sites for hydroxylation is 3. The van der Waals surface area contributed by atoms with Crippen molar-refractivity contribution < 1.29 is 36.2 Å². The molecule has 0 aliphatic heterocycles. The van der Waals surface area contributed by atoms with Gasteiger partial charge in [-0.05, 0) is 91.3 Å². The Morgan fingerprint density at radius 2 is 1.36 bits per heavy atom. The summed E-state index contributed by atoms with van der Waals surface area (Å²) >= 11 is 6.25. The first-order valence-electron chi connectivity index (χ1n) is 14.4. The SMILES string of the molecule is Cc1ccc(N=Nc2c(C)cc3c(S(=O)(=O)O)ccc(Nc4nc(Cl)nc(Nc5cc(C)cc6cc(S(=O)(=O)O)cc(O)c56)n4)c3c2O)cc1. The number of phenolic OH excluding ortho intramolecular Hbond substituents is 2. The molecule has 0 atom stereocenters. The lowest BCUT2D eigenvalue weighted by atomic mass is 10.0. The zero-order valence-electron chi connectivity index (χ0n) is 26.2. The van der Waals surface area contributed by atoms with E-state index < -0.39 is 41.5 Å². The highest BCUT2D eigenvalue weighted by molar-refractivity contribution is 7.86. The summed E-state index contributed by atoms with van der Waals surface area (Å²) in [5.74, 6) is -1.19. The summed E-state index contributed by atoms with van der Waals surface area (Å²) in [5, 5.41) is 36.6. The quantitative estimate of drug-likeness (QED) is 0.0654. The van der Waals surface area contributed by atoms with E-state index in [1.807, 2.05) is 19.1 Å². The van der Waals surface area contributed by atoms with Crippen LogP contribution in [0.1, 0.15) is 16.7 Å². The topological polar surface area (TPSA) is 237 Å². The largest absolute Gasteiger partial charge is 0.507 e. The number of nitrogens with one attached hydrogen (secondary N) is 2. The maximum atomic E-state index is 12.3. The van der Waals surface area contributed by atoms with Crippen molar-refractivity contribution in [2.75, 3.05) is 10.6 Å². The summed E-state index contributed by atoms with van der Waals surface area (Å²) in [7, 11) is -9.35. The van der Waals surface area contributed by atoms with Gasteiger partial charge in [-0.3, -0.25) is 9.11 Å². The van der Waals surface area contributed by atoms with E-state index in [0.29, 0.717) is 16.8 Å². The van der Waals surface area contributed by atoms with Gasteiger partial charge in [0.15, 0.2) is 5.75 Å². The third kappa shape index (κ3) is 6.98. The zero-order chi connectivity index (χ0) is 36.1. The molecule has 256 valence electrons. The van der Waals surface area contributed by atoms with Gasteiger partial charge >= 0.3 is 0 Å². The van der Waals surface area contributed by atoms with Crippen molar-refractivity contribution in [3.63, 3.8) is 0 Å². The zero-order valence-corrected chi connectivity index (χ0v) is 28.6. The van der Waals surface area contributed by atoms with E-state index in [4.69, 9.17) is 11.6 Å². The number of aromatic nitrogens is 3. The molecular formula is C32H26ClN7O8S2. The molecule has 0 saturated carbocycles. The molecule has 0 unspecified atom stereocenters. The predicted molar refractivity (Wildman–Crippen MR) is 187 cm³/mol. The molecule has 50 heavy (non-hydrogen) atoms. The molecular weight excluding hydrogens is 710 g/mol. The molecule has 6 N–H and O–H groups in total. The minimum atomic E-state index is -4.74. The molecule has 0 aliphatic rings. The molecule has 1 aromatic heterocycles. The molecule has 15 nitrogen and oxygen atoms in total. The molecule has 18 heteroatoms. The Morgan fingerprint density at radius 3 is 2.00 bits per heavy atom. The molecule has 0 aliphatic carbocycles. The van der Waals surface area contributed by atoms with Crippen LogP contribution in [0, 0.1) is 20.8 Å². The van der Waals surface area contributed by atoms with Crippen LogP contribution in [-0.4, -0.2) is 51.1 Å². The minimum Gasteiger partial charge on any atom is -0.507 e. The van der Waals surface area contributed by atoms with Crippen molar-refractivity contribution in [2.45, 2.75) is 30.6 Å². The Balaban J connectivity index is 1.44. The highest BCUT2D eigenvalue weighted by atomic mass is 35.5. The molecule has 0 bridgehead atoms. The summed E-state index contributed by atoms with van der Waals surface area (Å²) < 4.78 is 67.6. The summed E-state index contributed by atoms with van der Waals surface area (Å²) in [5.41, 5.74) is 2.92. The lowest BCUT2D eigenvalue weighted by Crippen LogP contribution is -2.06. The molecule has 0 fully saturated rings. The van der Waals surface area contributed by atoms with Crippen molar-refractivity contribution in [1.29, 1.82) is 0 Å². The van der Waals surface area contributed by atoms with Crippen LogP contribution in [0.25, 0.3) is 21.5 Å². The number of anilines is 4. The van der Waals surface area contributed by atoms with Crippen LogP contribution in [0.3, 0.4) is 0 Å². The van der Waals surface area contributed by atoms with Crippen molar-refractivity contribution in [3.8, 4) is 11.5 Å². The van der Waals surface area contributed by atoms with E-state index in [1.165, 1.54) is 18.2 Å². The van der Waals surface area contributed by atoms with Crippen molar-refractivity contribution >= 4 is 88.0 Å². The molecule has 0 radical (unpaired) electrons. The monoisotopic (exact) mass is 735 g/mol. The Morgan fingerprint density at radius 1 is 0.700 bits per heavy atom. The third-order valence-corrected chi connectivity index (χ3v) is 9.44. The van der Waals surface area contributed by atoms with E-state index >= 15 is 0 Å². The maximum absolute atomic E-state index is 12.3. The first-order valence-corrected chi connectivity index (χ1v) is 17.7. The molecule has 5 aromatic carbocycles. The average molecular weight is 736 g/mol. The van der Waals surface area contributed by atoms with Gasteiger partial charge in [-0.2, -0.15) is 36.9 Å². The standard InChI is InChI=1S/C32H26ClN7O8S2/c1-15-4-6-19(7-5-15)39-40-28-17(3)12-21-25(50(46,47)48)9-8-22(27(21)29(28)42)34-31-36-30(33)37-32(38-31)35-23-11-16(2)10-18-13-20(49(43,44)45)14-24(41)26(18)23/h4-14,41-42H,1-3H3,(H,43,44,45)(H,46,47,48)(H2,34,35,36,37,38). The van der Waals surface area contributed by atoms with Crippen LogP contribution in [0.2, 0.25) is 5.28 Å². The summed E-state index contributed by atoms with van der Waals surface area (Å²) in [6, 6.07) is 16.3. The number of aromatic hydroxyl groups is 2. The molecule has 1 heterocycles. The molecule has 0 saturated heterocycles. The second-order valence-electron chi connectivity index (χ2n) is 11.3. The molecule has 0 amide bonds. The average Bonchev–Trinajstić information content (AvgIpc) is 3.00. The van der Waals surface area contributed by atoms with E-state index in [2.05, 4.69) is 35.8 Å². The maximum Gasteiger partial charge on any atom is 0.295 e. The highest BCUT2D eigenvalue weighted by Crippen LogP contribution is 2.45. The van der Waals surface area contributed by atoms with E-state index in [9.17, 15) is 36.2 Å². The summed E-state index contributed by atoms with van der Waals surface area (Å²) in [6.07, 6.45) is 0. The van der Waals surface area contributed by atoms with E-state index in [0.717, 1.165) is 17.7 Å². The van der Waals surface area contributed by atoms with Crippen molar-refractivity contribution in [2.24, 2.45) is 10.2 Å². The van der Waals surface area contributed by atoms with Gasteiger partial charge in [0, 0.05) is 16.8 Å². The van der Waals surface area contributed by atoms with Crippen LogP contribution in [0.4, 0.5) is 34.6 Å². The van der Waals surface area contributed by atoms with Gasteiger partial charge < -0.3 is 20.8 Å². The normalized spacial score (nSPS) is 12.2. The lowest BCUT2D eigenvalue weighted by Gasteiger charge is -2.16. The van der Waals surface area contributed by atoms with Crippen LogP contribution in [0.5, 0.6) is 11.5 Å². The Kier molecular flexibility index (Phi) is 8.79. The number of nitrogens with zero attached hydrogens (tertiary/aromatic N) is 5. The minimum absolute atomic E-state index is 0.0351. The Hall–Kier alpha value is -5.46. The van der Waals surface area contributed by atoms with Crippen LogP contribution >= 0.6 is 11.6 Å². The first kappa shape index (κ1) is 34.4. The first-order chi connectivity index (χ1) is 23.5. The van der Waals surface area contributed by atoms with E-state index in [1.54, 1.807) is 38.1 Å². The number of rotatable bonds is 8. The fourth-order valence-electron chi connectivity index (χ4n) is 5.33. The molecule has 6 aromatic rings. The number of benzene rings is 5. The van der Waals surface area contributed by atoms with Gasteiger partial charge in [-0.1, -0.05) is 23.8 Å². The van der Waals surface area contributed by atoms with Gasteiger partial charge in [0.2, 0.25) is 17.2 Å².